The predicted molar refractivity (Wildman–Crippen MR) is 94.3 cm³/mol. The molecule has 1 aliphatic rings. The first kappa shape index (κ1) is 17.3. The van der Waals surface area contributed by atoms with E-state index in [-0.39, 0.29) is 0 Å². The van der Waals surface area contributed by atoms with Crippen LogP contribution in [0.1, 0.15) is 38.1 Å². The summed E-state index contributed by atoms with van der Waals surface area (Å²) in [6, 6.07) is 7.20. The molecule has 0 radical (unpaired) electrons. The number of aromatic nitrogens is 1. The van der Waals surface area contributed by atoms with Gasteiger partial charge in [-0.25, -0.2) is 9.59 Å². The summed E-state index contributed by atoms with van der Waals surface area (Å²) < 4.78 is 12.5. The Morgan fingerprint density at radius 3 is 2.52 bits per heavy atom. The summed E-state index contributed by atoms with van der Waals surface area (Å²) in [5.41, 5.74) is 2.29. The molecule has 0 saturated carbocycles. The molecule has 134 valence electrons. The van der Waals surface area contributed by atoms with Crippen LogP contribution in [0.3, 0.4) is 0 Å². The van der Waals surface area contributed by atoms with Crippen LogP contribution in [0.2, 0.25) is 0 Å². The van der Waals surface area contributed by atoms with Crippen molar-refractivity contribution in [2.75, 3.05) is 13.7 Å². The van der Waals surface area contributed by atoms with Crippen LogP contribution in [0.15, 0.2) is 24.3 Å². The van der Waals surface area contributed by atoms with Crippen molar-refractivity contribution in [1.29, 1.82) is 0 Å². The molecule has 6 heteroatoms. The van der Waals surface area contributed by atoms with Crippen LogP contribution in [0, 0.1) is 0 Å². The topological polar surface area (TPSA) is 60.8 Å². The van der Waals surface area contributed by atoms with Crippen LogP contribution in [-0.2, 0) is 27.7 Å². The third kappa shape index (κ3) is 2.97. The van der Waals surface area contributed by atoms with Gasteiger partial charge in [-0.15, -0.1) is 0 Å². The van der Waals surface area contributed by atoms with Gasteiger partial charge in [0.05, 0.1) is 12.8 Å². The highest BCUT2D eigenvalue weighted by Crippen LogP contribution is 2.37. The van der Waals surface area contributed by atoms with Gasteiger partial charge in [-0.3, -0.25) is 4.90 Å². The minimum Gasteiger partial charge on any atom is -0.467 e. The Balaban J connectivity index is 2.11. The zero-order valence-corrected chi connectivity index (χ0v) is 15.3. The minimum atomic E-state index is -0.805. The lowest BCUT2D eigenvalue weighted by atomic mass is 9.97. The number of rotatable bonds is 1. The molecule has 0 spiro atoms. The first-order chi connectivity index (χ1) is 11.7. The van der Waals surface area contributed by atoms with E-state index in [9.17, 15) is 9.59 Å². The predicted octanol–water partition coefficient (Wildman–Crippen LogP) is 3.19. The van der Waals surface area contributed by atoms with Gasteiger partial charge in [-0.2, -0.15) is 0 Å². The maximum absolute atomic E-state index is 12.7. The van der Waals surface area contributed by atoms with Gasteiger partial charge in [-0.05, 0) is 38.8 Å². The number of para-hydroxylation sites is 1. The summed E-state index contributed by atoms with van der Waals surface area (Å²) >= 11 is 0. The molecule has 0 N–H and O–H groups in total. The first-order valence-electron chi connectivity index (χ1n) is 8.38. The van der Waals surface area contributed by atoms with E-state index in [1.807, 2.05) is 56.7 Å². The zero-order valence-electron chi connectivity index (χ0n) is 15.3. The van der Waals surface area contributed by atoms with Crippen molar-refractivity contribution in [2.45, 2.75) is 38.8 Å². The number of hydrogen-bond donors (Lipinski definition) is 0. The van der Waals surface area contributed by atoms with Crippen LogP contribution >= 0.6 is 0 Å². The van der Waals surface area contributed by atoms with Crippen molar-refractivity contribution >= 4 is 23.0 Å². The molecule has 2 aromatic rings. The van der Waals surface area contributed by atoms with Crippen molar-refractivity contribution in [3.8, 4) is 0 Å². The Labute approximate surface area is 147 Å². The van der Waals surface area contributed by atoms with Crippen LogP contribution in [-0.4, -0.2) is 40.8 Å². The Kier molecular flexibility index (Phi) is 4.22. The van der Waals surface area contributed by atoms with Gasteiger partial charge in [0.2, 0.25) is 0 Å². The van der Waals surface area contributed by atoms with Crippen molar-refractivity contribution in [1.82, 2.24) is 9.47 Å². The van der Waals surface area contributed by atoms with Gasteiger partial charge in [0, 0.05) is 24.5 Å². The molecule has 6 nitrogen and oxygen atoms in total. The number of esters is 1. The molecule has 1 aromatic heterocycles. The van der Waals surface area contributed by atoms with E-state index < -0.39 is 23.7 Å². The molecular weight excluding hydrogens is 320 g/mol. The second-order valence-electron chi connectivity index (χ2n) is 7.29. The summed E-state index contributed by atoms with van der Waals surface area (Å²) in [6.07, 6.45) is 0.169. The summed E-state index contributed by atoms with van der Waals surface area (Å²) in [7, 11) is 3.25. The quantitative estimate of drug-likeness (QED) is 0.746. The highest BCUT2D eigenvalue weighted by Gasteiger charge is 2.41. The van der Waals surface area contributed by atoms with Gasteiger partial charge >= 0.3 is 12.1 Å². The molecule has 1 aliphatic heterocycles. The molecule has 0 aliphatic carbocycles. The number of ether oxygens (including phenoxy) is 2. The fourth-order valence-corrected chi connectivity index (χ4v) is 3.48. The summed E-state index contributed by atoms with van der Waals surface area (Å²) in [4.78, 5) is 26.7. The van der Waals surface area contributed by atoms with E-state index in [1.54, 1.807) is 0 Å². The second-order valence-corrected chi connectivity index (χ2v) is 7.29. The largest absolute Gasteiger partial charge is 0.467 e. The molecule has 25 heavy (non-hydrogen) atoms. The van der Waals surface area contributed by atoms with E-state index in [4.69, 9.17) is 9.47 Å². The lowest BCUT2D eigenvalue weighted by Crippen LogP contribution is -2.46. The Morgan fingerprint density at radius 1 is 1.20 bits per heavy atom. The molecule has 0 saturated heterocycles. The molecule has 1 amide bonds. The van der Waals surface area contributed by atoms with Gasteiger partial charge in [0.15, 0.2) is 6.04 Å². The number of nitrogens with zero attached hydrogens (tertiary/aromatic N) is 2. The number of benzene rings is 1. The van der Waals surface area contributed by atoms with Crippen molar-refractivity contribution in [3.05, 3.63) is 35.5 Å². The zero-order chi connectivity index (χ0) is 18.4. The lowest BCUT2D eigenvalue weighted by Gasteiger charge is -2.35. The smallest absolute Gasteiger partial charge is 0.411 e. The number of methoxy groups -OCH3 is 1. The molecule has 2 heterocycles. The van der Waals surface area contributed by atoms with Crippen LogP contribution in [0.25, 0.3) is 10.9 Å². The fourth-order valence-electron chi connectivity index (χ4n) is 3.48. The standard InChI is InChI=1S/C19H24N2O4/c1-19(2,3)25-18(23)21-11-10-13-12-8-6-7-9-14(12)20(4)15(13)16(21)17(22)24-5/h6-9,16H,10-11H2,1-5H3. The minimum absolute atomic E-state index is 0.412. The molecule has 1 unspecified atom stereocenters. The van der Waals surface area contributed by atoms with Crippen molar-refractivity contribution in [2.24, 2.45) is 7.05 Å². The molecule has 0 fully saturated rings. The van der Waals surface area contributed by atoms with Crippen molar-refractivity contribution in [3.63, 3.8) is 0 Å². The van der Waals surface area contributed by atoms with E-state index in [2.05, 4.69) is 0 Å². The van der Waals surface area contributed by atoms with Gasteiger partial charge in [-0.1, -0.05) is 18.2 Å². The Hall–Kier alpha value is -2.50. The number of carbonyl (C=O) groups is 2. The lowest BCUT2D eigenvalue weighted by molar-refractivity contribution is -0.147. The summed E-state index contributed by atoms with van der Waals surface area (Å²) in [6.45, 7) is 5.84. The number of carbonyl (C=O) groups excluding carboxylic acids is 2. The fraction of sp³-hybridized carbons (Fsp3) is 0.474. The average molecular weight is 344 g/mol. The van der Waals surface area contributed by atoms with Crippen molar-refractivity contribution < 1.29 is 19.1 Å². The number of aryl methyl sites for hydroxylation is 1. The molecular formula is C19H24N2O4. The van der Waals surface area contributed by atoms with E-state index in [0.29, 0.717) is 13.0 Å². The van der Waals surface area contributed by atoms with E-state index in [0.717, 1.165) is 22.2 Å². The third-order valence-electron chi connectivity index (χ3n) is 4.49. The maximum Gasteiger partial charge on any atom is 0.411 e. The second kappa shape index (κ2) is 6.10. The molecule has 1 aromatic carbocycles. The number of amides is 1. The Bertz CT molecular complexity index is 832. The van der Waals surface area contributed by atoms with Crippen LogP contribution < -0.4 is 0 Å². The van der Waals surface area contributed by atoms with Crippen LogP contribution in [0.5, 0.6) is 0 Å². The van der Waals surface area contributed by atoms with E-state index in [1.165, 1.54) is 12.0 Å². The monoisotopic (exact) mass is 344 g/mol. The number of fused-ring (bicyclic) bond motifs is 3. The Morgan fingerprint density at radius 2 is 1.88 bits per heavy atom. The third-order valence-corrected chi connectivity index (χ3v) is 4.49. The number of hydrogen-bond acceptors (Lipinski definition) is 4. The summed E-state index contributed by atoms with van der Waals surface area (Å²) in [5, 5.41) is 1.11. The van der Waals surface area contributed by atoms with E-state index >= 15 is 0 Å². The maximum atomic E-state index is 12.7. The molecule has 1 atom stereocenters. The molecule has 3 rings (SSSR count). The molecule has 0 bridgehead atoms. The SMILES string of the molecule is COC(=O)C1c2c(c3ccccc3n2C)CCN1C(=O)OC(C)(C)C. The summed E-state index contributed by atoms with van der Waals surface area (Å²) in [5.74, 6) is -0.460. The average Bonchev–Trinajstić information content (AvgIpc) is 2.85. The normalized spacial score (nSPS) is 17.3. The highest BCUT2D eigenvalue weighted by molar-refractivity contribution is 5.91. The van der Waals surface area contributed by atoms with Crippen LogP contribution in [0.4, 0.5) is 4.79 Å². The highest BCUT2D eigenvalue weighted by atomic mass is 16.6. The van der Waals surface area contributed by atoms with Gasteiger partial charge < -0.3 is 14.0 Å². The van der Waals surface area contributed by atoms with Gasteiger partial charge in [0.25, 0.3) is 0 Å². The first-order valence-corrected chi connectivity index (χ1v) is 8.38. The van der Waals surface area contributed by atoms with Gasteiger partial charge in [0.1, 0.15) is 5.60 Å².